The Hall–Kier alpha value is -0.0800. The quantitative estimate of drug-likeness (QED) is 0.684. The molecule has 2 nitrogen and oxygen atoms in total. The molecule has 92 valence electrons. The molecule has 0 amide bonds. The fourth-order valence-corrected chi connectivity index (χ4v) is 4.59. The fourth-order valence-electron chi connectivity index (χ4n) is 4.59. The molecule has 1 heterocycles. The van der Waals surface area contributed by atoms with E-state index in [1.807, 2.05) is 6.92 Å². The van der Waals surface area contributed by atoms with Crippen LogP contribution in [0.5, 0.6) is 0 Å². The lowest BCUT2D eigenvalue weighted by Crippen LogP contribution is -2.40. The van der Waals surface area contributed by atoms with Gasteiger partial charge in [-0.25, -0.2) is 0 Å². The van der Waals surface area contributed by atoms with Gasteiger partial charge in [0.15, 0.2) is 5.79 Å². The van der Waals surface area contributed by atoms with Crippen LogP contribution >= 0.6 is 0 Å². The molecule has 3 fully saturated rings. The molecule has 1 aliphatic heterocycles. The summed E-state index contributed by atoms with van der Waals surface area (Å²) in [4.78, 5) is 0. The first kappa shape index (κ1) is 11.0. The molecule has 16 heavy (non-hydrogen) atoms. The highest BCUT2D eigenvalue weighted by Crippen LogP contribution is 2.57. The topological polar surface area (TPSA) is 29.5 Å². The number of hydrogen-bond acceptors (Lipinski definition) is 2. The van der Waals surface area contributed by atoms with Gasteiger partial charge >= 0.3 is 0 Å². The maximum Gasteiger partial charge on any atom is 0.166 e. The first-order valence-corrected chi connectivity index (χ1v) is 7.07. The van der Waals surface area contributed by atoms with Gasteiger partial charge in [0, 0.05) is 5.92 Å². The highest BCUT2D eigenvalue weighted by atomic mass is 16.6. The monoisotopic (exact) mass is 224 g/mol. The molecule has 3 aliphatic rings. The number of rotatable bonds is 0. The van der Waals surface area contributed by atoms with Crippen LogP contribution in [0.4, 0.5) is 0 Å². The van der Waals surface area contributed by atoms with Crippen LogP contribution in [0, 0.1) is 11.8 Å². The zero-order chi connectivity index (χ0) is 11.2. The average molecular weight is 224 g/mol. The molecule has 2 aliphatic carbocycles. The van der Waals surface area contributed by atoms with Crippen LogP contribution in [0.1, 0.15) is 64.7 Å². The minimum absolute atomic E-state index is 0.0484. The van der Waals surface area contributed by atoms with Gasteiger partial charge in [-0.1, -0.05) is 32.1 Å². The molecule has 2 saturated carbocycles. The number of fused-ring (bicyclic) bond motifs is 2. The molecule has 3 atom stereocenters. The van der Waals surface area contributed by atoms with Crippen molar-refractivity contribution in [2.24, 2.45) is 11.8 Å². The number of aliphatic hydroxyl groups is 1. The van der Waals surface area contributed by atoms with E-state index in [9.17, 15) is 5.11 Å². The molecule has 0 aromatic heterocycles. The summed E-state index contributed by atoms with van der Waals surface area (Å²) in [6.07, 6.45) is 11.4. The third-order valence-corrected chi connectivity index (χ3v) is 5.24. The van der Waals surface area contributed by atoms with Crippen molar-refractivity contribution >= 4 is 0 Å². The summed E-state index contributed by atoms with van der Waals surface area (Å²) in [5.41, 5.74) is 0.0484. The third kappa shape index (κ3) is 1.53. The van der Waals surface area contributed by atoms with Gasteiger partial charge in [-0.2, -0.15) is 0 Å². The molecule has 2 heteroatoms. The van der Waals surface area contributed by atoms with Crippen molar-refractivity contribution < 1.29 is 9.84 Å². The van der Waals surface area contributed by atoms with Crippen LogP contribution in [-0.4, -0.2) is 16.5 Å². The van der Waals surface area contributed by atoms with Crippen molar-refractivity contribution in [3.63, 3.8) is 0 Å². The second-order valence-corrected chi connectivity index (χ2v) is 6.28. The van der Waals surface area contributed by atoms with Crippen LogP contribution in [0.2, 0.25) is 0 Å². The molecule has 0 aromatic rings. The molecule has 0 aromatic carbocycles. The molecular formula is C14H24O2. The predicted octanol–water partition coefficient (Wildman–Crippen LogP) is 3.23. The Morgan fingerprint density at radius 2 is 1.56 bits per heavy atom. The van der Waals surface area contributed by atoms with E-state index in [0.29, 0.717) is 11.8 Å². The van der Waals surface area contributed by atoms with E-state index < -0.39 is 5.79 Å². The Morgan fingerprint density at radius 1 is 0.938 bits per heavy atom. The summed E-state index contributed by atoms with van der Waals surface area (Å²) in [5, 5.41) is 10.5. The Labute approximate surface area is 98.4 Å². The second kappa shape index (κ2) is 3.71. The Kier molecular flexibility index (Phi) is 2.56. The Morgan fingerprint density at radius 3 is 2.25 bits per heavy atom. The highest BCUT2D eigenvalue weighted by molar-refractivity contribution is 5.04. The lowest BCUT2D eigenvalue weighted by atomic mass is 9.66. The van der Waals surface area contributed by atoms with Crippen molar-refractivity contribution in [3.8, 4) is 0 Å². The molecule has 1 saturated heterocycles. The van der Waals surface area contributed by atoms with Crippen LogP contribution in [0.25, 0.3) is 0 Å². The molecule has 3 rings (SSSR count). The van der Waals surface area contributed by atoms with Gasteiger partial charge in [0.2, 0.25) is 0 Å². The first-order valence-electron chi connectivity index (χ1n) is 7.07. The number of hydrogen-bond donors (Lipinski definition) is 1. The van der Waals surface area contributed by atoms with Crippen molar-refractivity contribution in [1.82, 2.24) is 0 Å². The average Bonchev–Trinajstić information content (AvgIpc) is 2.50. The third-order valence-electron chi connectivity index (χ3n) is 5.24. The van der Waals surface area contributed by atoms with Crippen molar-refractivity contribution in [3.05, 3.63) is 0 Å². The summed E-state index contributed by atoms with van der Waals surface area (Å²) in [5.74, 6) is 0.193. The summed E-state index contributed by atoms with van der Waals surface area (Å²) >= 11 is 0. The normalized spacial score (nSPS) is 46.9. The fraction of sp³-hybridized carbons (Fsp3) is 1.00. The minimum atomic E-state index is -0.845. The van der Waals surface area contributed by atoms with Gasteiger partial charge in [0.1, 0.15) is 0 Å². The van der Waals surface area contributed by atoms with Gasteiger partial charge in [-0.15, -0.1) is 0 Å². The van der Waals surface area contributed by atoms with E-state index in [1.54, 1.807) is 0 Å². The van der Waals surface area contributed by atoms with Crippen molar-refractivity contribution in [1.29, 1.82) is 0 Å². The van der Waals surface area contributed by atoms with E-state index >= 15 is 0 Å². The molecule has 0 bridgehead atoms. The largest absolute Gasteiger partial charge is 0.365 e. The first-order chi connectivity index (χ1) is 7.64. The molecule has 1 spiro atoms. The zero-order valence-electron chi connectivity index (χ0n) is 10.4. The van der Waals surface area contributed by atoms with Gasteiger partial charge in [-0.05, 0) is 38.5 Å². The molecule has 0 unspecified atom stereocenters. The lowest BCUT2D eigenvalue weighted by Gasteiger charge is -2.40. The molecular weight excluding hydrogens is 200 g/mol. The highest BCUT2D eigenvalue weighted by Gasteiger charge is 2.59. The second-order valence-electron chi connectivity index (χ2n) is 6.28. The van der Waals surface area contributed by atoms with Crippen LogP contribution in [0.3, 0.4) is 0 Å². The smallest absolute Gasteiger partial charge is 0.166 e. The minimum Gasteiger partial charge on any atom is -0.365 e. The van der Waals surface area contributed by atoms with Gasteiger partial charge in [0.05, 0.1) is 5.60 Å². The maximum atomic E-state index is 10.5. The Balaban J connectivity index is 1.89. The SMILES string of the molecule is C[C@]1(O)OC2(CCCCC2)[C@@H]2CCCC[C@H]21. The standard InChI is InChI=1S/C14H24O2/c1-13(15)11-7-3-4-8-12(11)14(16-13)9-5-2-6-10-14/h11-12,15H,2-10H2,1H3/t11-,12-,13+/m1/s1. The van der Waals surface area contributed by atoms with Crippen LogP contribution < -0.4 is 0 Å². The predicted molar refractivity (Wildman–Crippen MR) is 63.0 cm³/mol. The zero-order valence-corrected chi connectivity index (χ0v) is 10.4. The van der Waals surface area contributed by atoms with Gasteiger partial charge in [-0.3, -0.25) is 0 Å². The summed E-state index contributed by atoms with van der Waals surface area (Å²) in [6, 6.07) is 0. The van der Waals surface area contributed by atoms with Crippen LogP contribution in [-0.2, 0) is 4.74 Å². The van der Waals surface area contributed by atoms with Gasteiger partial charge in [0.25, 0.3) is 0 Å². The van der Waals surface area contributed by atoms with Crippen LogP contribution in [0.15, 0.2) is 0 Å². The lowest BCUT2D eigenvalue weighted by molar-refractivity contribution is -0.233. The van der Waals surface area contributed by atoms with E-state index in [0.717, 1.165) is 0 Å². The molecule has 1 N–H and O–H groups in total. The van der Waals surface area contributed by atoms with E-state index in [1.165, 1.54) is 57.8 Å². The summed E-state index contributed by atoms with van der Waals surface area (Å²) in [7, 11) is 0. The maximum absolute atomic E-state index is 10.5. The van der Waals surface area contributed by atoms with E-state index in [4.69, 9.17) is 4.74 Å². The van der Waals surface area contributed by atoms with E-state index in [-0.39, 0.29) is 5.60 Å². The summed E-state index contributed by atoms with van der Waals surface area (Å²) < 4.78 is 6.18. The van der Waals surface area contributed by atoms with Crippen molar-refractivity contribution in [2.45, 2.75) is 76.1 Å². The Bertz CT molecular complexity index is 266. The summed E-state index contributed by atoms with van der Waals surface area (Å²) in [6.45, 7) is 1.90. The van der Waals surface area contributed by atoms with Crippen molar-refractivity contribution in [2.75, 3.05) is 0 Å². The van der Waals surface area contributed by atoms with E-state index in [2.05, 4.69) is 0 Å². The number of ether oxygens (including phenoxy) is 1. The van der Waals surface area contributed by atoms with Gasteiger partial charge < -0.3 is 9.84 Å². The molecule has 0 radical (unpaired) electrons.